The quantitative estimate of drug-likeness (QED) is 0.466. The normalized spacial score (nSPS) is 20.3. The van der Waals surface area contributed by atoms with E-state index in [4.69, 9.17) is 14.2 Å². The van der Waals surface area contributed by atoms with Gasteiger partial charge in [-0.3, -0.25) is 19.2 Å². The lowest BCUT2D eigenvalue weighted by atomic mass is 9.83. The van der Waals surface area contributed by atoms with Crippen molar-refractivity contribution in [2.45, 2.75) is 33.6 Å². The molecule has 1 aliphatic rings. The molecule has 1 amide bonds. The van der Waals surface area contributed by atoms with Gasteiger partial charge >= 0.3 is 17.9 Å². The minimum atomic E-state index is -1.31. The van der Waals surface area contributed by atoms with Gasteiger partial charge in [-0.15, -0.1) is 0 Å². The molecule has 130 valence electrons. The van der Waals surface area contributed by atoms with Crippen LogP contribution in [0.5, 0.6) is 0 Å². The highest BCUT2D eigenvalue weighted by molar-refractivity contribution is 5.94. The number of esters is 3. The molecule has 1 fully saturated rings. The lowest BCUT2D eigenvalue weighted by Crippen LogP contribution is -2.40. The predicted molar refractivity (Wildman–Crippen MR) is 78.1 cm³/mol. The first kappa shape index (κ1) is 18.9. The minimum Gasteiger partial charge on any atom is -0.466 e. The highest BCUT2D eigenvalue weighted by Crippen LogP contribution is 2.36. The van der Waals surface area contributed by atoms with Crippen LogP contribution in [0, 0.1) is 5.41 Å². The van der Waals surface area contributed by atoms with Crippen molar-refractivity contribution >= 4 is 23.8 Å². The molecule has 23 heavy (non-hydrogen) atoms. The van der Waals surface area contributed by atoms with Gasteiger partial charge in [-0.25, -0.2) is 0 Å². The van der Waals surface area contributed by atoms with Crippen molar-refractivity contribution in [2.24, 2.45) is 5.41 Å². The van der Waals surface area contributed by atoms with Crippen LogP contribution < -0.4 is 0 Å². The third-order valence-electron chi connectivity index (χ3n) is 3.46. The van der Waals surface area contributed by atoms with E-state index in [1.165, 1.54) is 4.90 Å². The van der Waals surface area contributed by atoms with E-state index in [1.807, 2.05) is 0 Å². The number of carbonyl (C=O) groups excluding carboxylic acids is 4. The predicted octanol–water partition coefficient (Wildman–Crippen LogP) is 0.285. The van der Waals surface area contributed by atoms with E-state index in [2.05, 4.69) is 0 Å². The van der Waals surface area contributed by atoms with E-state index in [9.17, 15) is 19.2 Å². The first-order valence-electron chi connectivity index (χ1n) is 7.64. The van der Waals surface area contributed by atoms with Gasteiger partial charge in [0.25, 0.3) is 0 Å². The Hall–Kier alpha value is -2.12. The molecule has 0 N–H and O–H groups in total. The molecule has 1 rings (SSSR count). The summed E-state index contributed by atoms with van der Waals surface area (Å²) in [5, 5.41) is 0. The summed E-state index contributed by atoms with van der Waals surface area (Å²) >= 11 is 0. The Morgan fingerprint density at radius 3 is 2.13 bits per heavy atom. The van der Waals surface area contributed by atoms with Crippen LogP contribution in [0.25, 0.3) is 0 Å². The summed E-state index contributed by atoms with van der Waals surface area (Å²) in [6.45, 7) is 5.15. The average Bonchev–Trinajstić information content (AvgIpc) is 2.76. The highest BCUT2D eigenvalue weighted by atomic mass is 16.5. The van der Waals surface area contributed by atoms with Crippen LogP contribution in [-0.4, -0.2) is 61.6 Å². The van der Waals surface area contributed by atoms with Gasteiger partial charge in [-0.1, -0.05) is 0 Å². The summed E-state index contributed by atoms with van der Waals surface area (Å²) in [5.74, 6) is -2.16. The molecule has 8 heteroatoms. The first-order chi connectivity index (χ1) is 10.9. The van der Waals surface area contributed by atoms with Crippen LogP contribution in [0.3, 0.4) is 0 Å². The maximum atomic E-state index is 12.3. The molecule has 0 aromatic rings. The Morgan fingerprint density at radius 1 is 1.00 bits per heavy atom. The second kappa shape index (κ2) is 8.50. The van der Waals surface area contributed by atoms with E-state index in [1.54, 1.807) is 20.8 Å². The van der Waals surface area contributed by atoms with Crippen molar-refractivity contribution < 1.29 is 33.4 Å². The molecule has 0 spiro atoms. The van der Waals surface area contributed by atoms with Gasteiger partial charge in [0.05, 0.1) is 26.2 Å². The van der Waals surface area contributed by atoms with Gasteiger partial charge in [-0.05, 0) is 20.8 Å². The molecule has 0 saturated carbocycles. The number of hydrogen-bond acceptors (Lipinski definition) is 7. The molecule has 1 saturated heterocycles. The summed E-state index contributed by atoms with van der Waals surface area (Å²) in [6, 6.07) is 0. The summed E-state index contributed by atoms with van der Waals surface area (Å²) in [4.78, 5) is 49.0. The number of carbonyl (C=O) groups is 4. The topological polar surface area (TPSA) is 99.2 Å². The van der Waals surface area contributed by atoms with Gasteiger partial charge in [0.15, 0.2) is 0 Å². The van der Waals surface area contributed by atoms with Crippen molar-refractivity contribution in [1.82, 2.24) is 4.90 Å². The first-order valence-corrected chi connectivity index (χ1v) is 7.64. The molecule has 1 heterocycles. The fraction of sp³-hybridized carbons (Fsp3) is 0.733. The average molecular weight is 329 g/mol. The van der Waals surface area contributed by atoms with Crippen LogP contribution in [-0.2, 0) is 33.4 Å². The fourth-order valence-electron chi connectivity index (χ4n) is 2.52. The molecule has 0 aromatic carbocycles. The van der Waals surface area contributed by atoms with Gasteiger partial charge in [0.1, 0.15) is 12.0 Å². The molecule has 0 unspecified atom stereocenters. The number of amides is 1. The molecular weight excluding hydrogens is 306 g/mol. The Bertz CT molecular complexity index is 476. The molecule has 8 nitrogen and oxygen atoms in total. The number of likely N-dealkylation sites (tertiary alicyclic amines) is 1. The number of rotatable bonds is 8. The Balaban J connectivity index is 2.89. The summed E-state index contributed by atoms with van der Waals surface area (Å²) < 4.78 is 14.7. The second-order valence-corrected chi connectivity index (χ2v) is 5.21. The smallest absolute Gasteiger partial charge is 0.325 e. The third-order valence-corrected chi connectivity index (χ3v) is 3.46. The molecule has 0 aliphatic carbocycles. The van der Waals surface area contributed by atoms with Crippen LogP contribution in [0.4, 0.5) is 0 Å². The van der Waals surface area contributed by atoms with Gasteiger partial charge in [0.2, 0.25) is 5.91 Å². The standard InChI is InChI=1S/C15H23NO7/c1-4-21-12(18)8-15(14(20)23-6-3)7-11(17)16(10-15)9-13(19)22-5-2/h4-10H2,1-3H3/t15-/m0/s1. The zero-order valence-electron chi connectivity index (χ0n) is 13.8. The fourth-order valence-corrected chi connectivity index (χ4v) is 2.52. The lowest BCUT2D eigenvalue weighted by Gasteiger charge is -2.25. The van der Waals surface area contributed by atoms with Gasteiger partial charge in [0, 0.05) is 13.0 Å². The molecule has 0 aromatic heterocycles. The van der Waals surface area contributed by atoms with E-state index >= 15 is 0 Å². The highest BCUT2D eigenvalue weighted by Gasteiger charge is 2.52. The number of nitrogens with zero attached hydrogens (tertiary/aromatic N) is 1. The van der Waals surface area contributed by atoms with Crippen molar-refractivity contribution in [2.75, 3.05) is 32.9 Å². The molecule has 1 aliphatic heterocycles. The van der Waals surface area contributed by atoms with E-state index in [0.29, 0.717) is 0 Å². The van der Waals surface area contributed by atoms with Gasteiger partial charge < -0.3 is 19.1 Å². The molecule has 0 bridgehead atoms. The van der Waals surface area contributed by atoms with E-state index in [-0.39, 0.29) is 45.8 Å². The van der Waals surface area contributed by atoms with Crippen molar-refractivity contribution in [3.8, 4) is 0 Å². The Labute approximate surface area is 135 Å². The van der Waals surface area contributed by atoms with Crippen LogP contribution >= 0.6 is 0 Å². The van der Waals surface area contributed by atoms with E-state index < -0.39 is 29.2 Å². The van der Waals surface area contributed by atoms with E-state index in [0.717, 1.165) is 0 Å². The van der Waals surface area contributed by atoms with Crippen molar-refractivity contribution in [3.63, 3.8) is 0 Å². The largest absolute Gasteiger partial charge is 0.466 e. The minimum absolute atomic E-state index is 0.0672. The zero-order valence-corrected chi connectivity index (χ0v) is 13.8. The maximum absolute atomic E-state index is 12.3. The van der Waals surface area contributed by atoms with Crippen LogP contribution in [0.15, 0.2) is 0 Å². The molecule has 0 radical (unpaired) electrons. The Kier molecular flexibility index (Phi) is 6.99. The SMILES string of the molecule is CCOC(=O)CN1C[C@](CC(=O)OCC)(C(=O)OCC)CC1=O. The third kappa shape index (κ3) is 4.94. The van der Waals surface area contributed by atoms with Crippen LogP contribution in [0.2, 0.25) is 0 Å². The van der Waals surface area contributed by atoms with Gasteiger partial charge in [-0.2, -0.15) is 0 Å². The summed E-state index contributed by atoms with van der Waals surface area (Å²) in [7, 11) is 0. The summed E-state index contributed by atoms with van der Waals surface area (Å²) in [6.07, 6.45) is -0.450. The zero-order chi connectivity index (χ0) is 17.5. The number of ether oxygens (including phenoxy) is 3. The second-order valence-electron chi connectivity index (χ2n) is 5.21. The maximum Gasteiger partial charge on any atom is 0.325 e. The summed E-state index contributed by atoms with van der Waals surface area (Å²) in [5.41, 5.74) is -1.31. The number of hydrogen-bond donors (Lipinski definition) is 0. The van der Waals surface area contributed by atoms with Crippen molar-refractivity contribution in [3.05, 3.63) is 0 Å². The molecule has 1 atom stereocenters. The van der Waals surface area contributed by atoms with Crippen LogP contribution in [0.1, 0.15) is 33.6 Å². The lowest BCUT2D eigenvalue weighted by molar-refractivity contribution is -0.162. The molecular formula is C15H23NO7. The van der Waals surface area contributed by atoms with Crippen molar-refractivity contribution in [1.29, 1.82) is 0 Å². The monoisotopic (exact) mass is 329 g/mol. The Morgan fingerprint density at radius 2 is 1.57 bits per heavy atom.